The first-order chi connectivity index (χ1) is 12.2. The molecule has 0 radical (unpaired) electrons. The molecule has 0 aliphatic heterocycles. The van der Waals surface area contributed by atoms with Crippen LogP contribution in [0.5, 0.6) is 0 Å². The smallest absolute Gasteiger partial charge is 0.251 e. The van der Waals surface area contributed by atoms with Gasteiger partial charge in [0, 0.05) is 23.2 Å². The molecule has 0 bridgehead atoms. The summed E-state index contributed by atoms with van der Waals surface area (Å²) in [4.78, 5) is 23.1. The van der Waals surface area contributed by atoms with Crippen molar-refractivity contribution in [3.05, 3.63) is 46.6 Å². The lowest BCUT2D eigenvalue weighted by Crippen LogP contribution is -2.17. The first-order valence-corrected chi connectivity index (χ1v) is 9.31. The average molecular weight is 352 g/mol. The molecule has 1 aliphatic rings. The van der Waals surface area contributed by atoms with Crippen molar-refractivity contribution in [2.45, 2.75) is 26.2 Å². The van der Waals surface area contributed by atoms with Crippen LogP contribution in [0.4, 0.5) is 11.5 Å². The van der Waals surface area contributed by atoms with Crippen LogP contribution in [0.15, 0.2) is 30.6 Å². The molecule has 2 aromatic heterocycles. The predicted molar refractivity (Wildman–Crippen MR) is 102 cm³/mol. The van der Waals surface area contributed by atoms with Gasteiger partial charge in [-0.1, -0.05) is 6.92 Å². The van der Waals surface area contributed by atoms with E-state index in [1.54, 1.807) is 24.7 Å². The summed E-state index contributed by atoms with van der Waals surface area (Å²) >= 11 is 1.79. The van der Waals surface area contributed by atoms with Gasteiger partial charge in [0.1, 0.15) is 17.0 Å². The molecule has 2 N–H and O–H groups in total. The standard InChI is InChI=1S/C19H20N4OS/c1-11-3-8-14-15(9-11)25-19-16(14)17(21-10-22-19)23-13-6-4-12(5-7-13)18(24)20-2/h4-7,10-11H,3,8-9H2,1-2H3,(H,20,24)(H,21,22,23)/t11-/m1/s1. The maximum Gasteiger partial charge on any atom is 0.251 e. The summed E-state index contributed by atoms with van der Waals surface area (Å²) in [5.41, 5.74) is 2.96. The van der Waals surface area contributed by atoms with Crippen LogP contribution in [-0.4, -0.2) is 22.9 Å². The van der Waals surface area contributed by atoms with E-state index in [4.69, 9.17) is 0 Å². The number of aryl methyl sites for hydroxylation is 1. The molecular formula is C19H20N4OS. The van der Waals surface area contributed by atoms with Crippen LogP contribution in [0.2, 0.25) is 0 Å². The molecule has 5 nitrogen and oxygen atoms in total. The Morgan fingerprint density at radius 2 is 2.04 bits per heavy atom. The number of amides is 1. The number of fused-ring (bicyclic) bond motifs is 3. The number of aromatic nitrogens is 2. The maximum atomic E-state index is 11.7. The number of hydrogen-bond acceptors (Lipinski definition) is 5. The van der Waals surface area contributed by atoms with Crippen LogP contribution >= 0.6 is 11.3 Å². The number of benzene rings is 1. The Labute approximate surface area is 150 Å². The zero-order valence-electron chi connectivity index (χ0n) is 14.3. The Balaban J connectivity index is 1.69. The first-order valence-electron chi connectivity index (χ1n) is 8.50. The Hall–Kier alpha value is -2.47. The van der Waals surface area contributed by atoms with Crippen molar-refractivity contribution >= 4 is 39.0 Å². The van der Waals surface area contributed by atoms with Crippen LogP contribution in [0, 0.1) is 5.92 Å². The molecular weight excluding hydrogens is 332 g/mol. The van der Waals surface area contributed by atoms with Gasteiger partial charge in [0.2, 0.25) is 0 Å². The molecule has 25 heavy (non-hydrogen) atoms. The fourth-order valence-electron chi connectivity index (χ4n) is 3.36. The highest BCUT2D eigenvalue weighted by atomic mass is 32.1. The lowest BCUT2D eigenvalue weighted by Gasteiger charge is -2.18. The lowest BCUT2D eigenvalue weighted by atomic mass is 9.89. The number of carbonyl (C=O) groups is 1. The minimum Gasteiger partial charge on any atom is -0.355 e. The minimum absolute atomic E-state index is 0.0861. The highest BCUT2D eigenvalue weighted by Crippen LogP contribution is 2.40. The largest absolute Gasteiger partial charge is 0.355 e. The Kier molecular flexibility index (Phi) is 4.13. The normalized spacial score (nSPS) is 16.5. The number of carbonyl (C=O) groups excluding carboxylic acids is 1. The van der Waals surface area contributed by atoms with Crippen molar-refractivity contribution in [1.29, 1.82) is 0 Å². The summed E-state index contributed by atoms with van der Waals surface area (Å²) < 4.78 is 0. The molecule has 6 heteroatoms. The predicted octanol–water partition coefficient (Wildman–Crippen LogP) is 3.92. The number of nitrogens with zero attached hydrogens (tertiary/aromatic N) is 2. The van der Waals surface area contributed by atoms with Gasteiger partial charge in [-0.05, 0) is 55.0 Å². The van der Waals surface area contributed by atoms with Crippen LogP contribution in [0.3, 0.4) is 0 Å². The summed E-state index contributed by atoms with van der Waals surface area (Å²) in [5, 5.41) is 7.19. The molecule has 1 aromatic carbocycles. The quantitative estimate of drug-likeness (QED) is 0.750. The topological polar surface area (TPSA) is 66.9 Å². The van der Waals surface area contributed by atoms with Crippen molar-refractivity contribution in [2.75, 3.05) is 12.4 Å². The number of rotatable bonds is 3. The van der Waals surface area contributed by atoms with Gasteiger partial charge in [0.05, 0.1) is 5.39 Å². The Morgan fingerprint density at radius 3 is 2.80 bits per heavy atom. The monoisotopic (exact) mass is 352 g/mol. The summed E-state index contributed by atoms with van der Waals surface area (Å²) in [7, 11) is 1.63. The summed E-state index contributed by atoms with van der Waals surface area (Å²) in [6, 6.07) is 7.42. The van der Waals surface area contributed by atoms with Gasteiger partial charge >= 0.3 is 0 Å². The molecule has 3 aromatic rings. The fourth-order valence-corrected chi connectivity index (χ4v) is 4.71. The van der Waals surface area contributed by atoms with Gasteiger partial charge in [0.15, 0.2) is 0 Å². The van der Waals surface area contributed by atoms with E-state index < -0.39 is 0 Å². The molecule has 1 atom stereocenters. The van der Waals surface area contributed by atoms with Crippen molar-refractivity contribution < 1.29 is 4.79 Å². The highest BCUT2D eigenvalue weighted by Gasteiger charge is 2.23. The number of nitrogens with one attached hydrogen (secondary N) is 2. The third-order valence-corrected chi connectivity index (χ3v) is 5.89. The van der Waals surface area contributed by atoms with Gasteiger partial charge < -0.3 is 10.6 Å². The maximum absolute atomic E-state index is 11.7. The fraction of sp³-hybridized carbons (Fsp3) is 0.316. The van der Waals surface area contributed by atoms with Crippen LogP contribution in [0.25, 0.3) is 10.2 Å². The Bertz CT molecular complexity index is 932. The average Bonchev–Trinajstić information content (AvgIpc) is 3.00. The number of thiophene rings is 1. The van der Waals surface area contributed by atoms with Gasteiger partial charge in [-0.15, -0.1) is 11.3 Å². The van der Waals surface area contributed by atoms with Crippen LogP contribution in [0.1, 0.15) is 34.1 Å². The van der Waals surface area contributed by atoms with E-state index in [1.165, 1.54) is 16.9 Å². The molecule has 1 aliphatic carbocycles. The van der Waals surface area contributed by atoms with Gasteiger partial charge in [-0.3, -0.25) is 4.79 Å². The second kappa shape index (κ2) is 6.44. The van der Waals surface area contributed by atoms with Crippen molar-refractivity contribution in [1.82, 2.24) is 15.3 Å². The molecule has 1 amide bonds. The SMILES string of the molecule is CNC(=O)c1ccc(Nc2ncnc3sc4c(c23)CC[C@@H](C)C4)cc1. The van der Waals surface area contributed by atoms with Crippen LogP contribution < -0.4 is 10.6 Å². The molecule has 0 spiro atoms. The van der Waals surface area contributed by atoms with E-state index in [9.17, 15) is 4.79 Å². The first kappa shape index (κ1) is 16.0. The summed E-state index contributed by atoms with van der Waals surface area (Å²) in [5.74, 6) is 1.50. The summed E-state index contributed by atoms with van der Waals surface area (Å²) in [6.45, 7) is 2.31. The van der Waals surface area contributed by atoms with Crippen molar-refractivity contribution in [3.63, 3.8) is 0 Å². The van der Waals surface area contributed by atoms with E-state index >= 15 is 0 Å². The van der Waals surface area contributed by atoms with Gasteiger partial charge in [0.25, 0.3) is 5.91 Å². The van der Waals surface area contributed by atoms with E-state index in [0.29, 0.717) is 5.56 Å². The number of hydrogen-bond donors (Lipinski definition) is 2. The molecule has 0 unspecified atom stereocenters. The van der Waals surface area contributed by atoms with E-state index in [-0.39, 0.29) is 5.91 Å². The molecule has 2 heterocycles. The second-order valence-corrected chi connectivity index (χ2v) is 7.62. The molecule has 0 fully saturated rings. The lowest BCUT2D eigenvalue weighted by molar-refractivity contribution is 0.0963. The zero-order chi connectivity index (χ0) is 17.4. The number of anilines is 2. The third-order valence-electron chi connectivity index (χ3n) is 4.73. The molecule has 0 saturated carbocycles. The highest BCUT2D eigenvalue weighted by molar-refractivity contribution is 7.19. The molecule has 0 saturated heterocycles. The van der Waals surface area contributed by atoms with Gasteiger partial charge in [-0.25, -0.2) is 9.97 Å². The zero-order valence-corrected chi connectivity index (χ0v) is 15.1. The van der Waals surface area contributed by atoms with Crippen molar-refractivity contribution in [2.24, 2.45) is 5.92 Å². The van der Waals surface area contributed by atoms with Crippen LogP contribution in [-0.2, 0) is 12.8 Å². The van der Waals surface area contributed by atoms with E-state index in [0.717, 1.165) is 40.5 Å². The van der Waals surface area contributed by atoms with E-state index in [2.05, 4.69) is 27.5 Å². The molecule has 4 rings (SSSR count). The van der Waals surface area contributed by atoms with E-state index in [1.807, 2.05) is 24.3 Å². The van der Waals surface area contributed by atoms with Crippen molar-refractivity contribution in [3.8, 4) is 0 Å². The third kappa shape index (κ3) is 2.98. The second-order valence-electron chi connectivity index (χ2n) is 6.54. The molecule has 128 valence electrons. The van der Waals surface area contributed by atoms with Gasteiger partial charge in [-0.2, -0.15) is 0 Å². The Morgan fingerprint density at radius 1 is 1.24 bits per heavy atom. The minimum atomic E-state index is -0.0861. The summed E-state index contributed by atoms with van der Waals surface area (Å²) in [6.07, 6.45) is 5.06.